The van der Waals surface area contributed by atoms with Gasteiger partial charge >= 0.3 is 0 Å². The normalized spacial score (nSPS) is 10.8. The van der Waals surface area contributed by atoms with Gasteiger partial charge in [-0.05, 0) is 48.6 Å². The number of Topliss-reactive ketones (excluding diaryl/α,β-unsaturated/α-hetero) is 1. The minimum absolute atomic E-state index is 0.0363. The molecule has 0 saturated heterocycles. The van der Waals surface area contributed by atoms with Crippen molar-refractivity contribution in [3.05, 3.63) is 57.3 Å². The van der Waals surface area contributed by atoms with Crippen LogP contribution in [0.3, 0.4) is 0 Å². The Morgan fingerprint density at radius 2 is 2.14 bits per heavy atom. The second-order valence-electron chi connectivity index (χ2n) is 4.32. The summed E-state index contributed by atoms with van der Waals surface area (Å²) >= 11 is 14.0. The Hall–Kier alpha value is -1.41. The van der Waals surface area contributed by atoms with E-state index in [4.69, 9.17) is 23.8 Å². The number of ketones is 1. The molecule has 3 aromatic rings. The molecule has 0 saturated carbocycles. The topological polar surface area (TPSA) is 50.7 Å². The van der Waals surface area contributed by atoms with E-state index in [1.165, 1.54) is 23.1 Å². The van der Waals surface area contributed by atoms with Gasteiger partial charge in [-0.25, -0.2) is 4.68 Å². The number of carbonyl (C=O) groups is 1. The van der Waals surface area contributed by atoms with Crippen molar-refractivity contribution in [3.8, 4) is 5.69 Å². The van der Waals surface area contributed by atoms with Gasteiger partial charge in [0.15, 0.2) is 14.1 Å². The molecule has 0 aliphatic carbocycles. The van der Waals surface area contributed by atoms with E-state index >= 15 is 0 Å². The van der Waals surface area contributed by atoms with Crippen molar-refractivity contribution in [2.24, 2.45) is 0 Å². The number of nitrogens with one attached hydrogen (secondary N) is 1. The zero-order valence-corrected chi connectivity index (χ0v) is 14.4. The lowest BCUT2D eigenvalue weighted by atomic mass is 10.3. The summed E-state index contributed by atoms with van der Waals surface area (Å²) in [5.41, 5.74) is 1.46. The van der Waals surface area contributed by atoms with Gasteiger partial charge < -0.3 is 4.98 Å². The summed E-state index contributed by atoms with van der Waals surface area (Å²) in [5.74, 6) is 0.359. The van der Waals surface area contributed by atoms with Gasteiger partial charge in [0.2, 0.25) is 0 Å². The summed E-state index contributed by atoms with van der Waals surface area (Å²) in [6.07, 6.45) is 1.73. The van der Waals surface area contributed by atoms with Gasteiger partial charge in [0.05, 0.1) is 17.1 Å². The van der Waals surface area contributed by atoms with Gasteiger partial charge in [0.25, 0.3) is 0 Å². The summed E-state index contributed by atoms with van der Waals surface area (Å²) in [6, 6.07) is 10.9. The fourth-order valence-electron chi connectivity index (χ4n) is 1.77. The molecule has 0 aliphatic heterocycles. The van der Waals surface area contributed by atoms with Crippen LogP contribution in [0.5, 0.6) is 0 Å². The molecular formula is C14H10ClN3OS3. The fourth-order valence-corrected chi connectivity index (χ4v) is 4.14. The number of benzene rings is 1. The van der Waals surface area contributed by atoms with Crippen molar-refractivity contribution >= 4 is 52.7 Å². The van der Waals surface area contributed by atoms with E-state index in [1.807, 2.05) is 12.1 Å². The molecule has 112 valence electrons. The van der Waals surface area contributed by atoms with Gasteiger partial charge in [-0.1, -0.05) is 34.7 Å². The van der Waals surface area contributed by atoms with Crippen LogP contribution in [0, 0.1) is 3.95 Å². The lowest BCUT2D eigenvalue weighted by Gasteiger charge is -2.00. The zero-order valence-electron chi connectivity index (χ0n) is 11.2. The molecule has 2 heterocycles. The molecular weight excluding hydrogens is 358 g/mol. The smallest absolute Gasteiger partial charge is 0.189 e. The Morgan fingerprint density at radius 3 is 2.82 bits per heavy atom. The predicted molar refractivity (Wildman–Crippen MR) is 93.1 cm³/mol. The lowest BCUT2D eigenvalue weighted by Crippen LogP contribution is -2.02. The number of H-pyrrole nitrogens is 1. The monoisotopic (exact) mass is 367 g/mol. The molecule has 8 heteroatoms. The van der Waals surface area contributed by atoms with Crippen LogP contribution in [0.15, 0.2) is 46.9 Å². The number of hydrogen-bond donors (Lipinski definition) is 1. The molecule has 0 unspecified atom stereocenters. The van der Waals surface area contributed by atoms with Crippen LogP contribution >= 0.6 is 46.9 Å². The van der Waals surface area contributed by atoms with E-state index in [0.29, 0.717) is 20.4 Å². The third kappa shape index (κ3) is 3.49. The Kier molecular flexibility index (Phi) is 4.77. The Labute approximate surface area is 145 Å². The van der Waals surface area contributed by atoms with Crippen LogP contribution < -0.4 is 0 Å². The maximum absolute atomic E-state index is 12.0. The predicted octanol–water partition coefficient (Wildman–Crippen LogP) is 4.62. The summed E-state index contributed by atoms with van der Waals surface area (Å²) < 4.78 is 3.08. The molecule has 1 aromatic carbocycles. The minimum Gasteiger partial charge on any atom is -0.359 e. The molecule has 4 nitrogen and oxygen atoms in total. The van der Waals surface area contributed by atoms with Crippen molar-refractivity contribution < 1.29 is 4.79 Å². The van der Waals surface area contributed by atoms with Crippen LogP contribution in [0.1, 0.15) is 10.5 Å². The molecule has 0 aliphatic rings. The van der Waals surface area contributed by atoms with Gasteiger partial charge in [0.1, 0.15) is 0 Å². The van der Waals surface area contributed by atoms with Crippen LogP contribution in [0.2, 0.25) is 5.02 Å². The van der Waals surface area contributed by atoms with Gasteiger partial charge in [-0.3, -0.25) is 4.79 Å². The maximum Gasteiger partial charge on any atom is 0.189 e. The number of rotatable bonds is 5. The van der Waals surface area contributed by atoms with Crippen LogP contribution in [-0.4, -0.2) is 26.3 Å². The van der Waals surface area contributed by atoms with E-state index in [9.17, 15) is 4.79 Å². The summed E-state index contributed by atoms with van der Waals surface area (Å²) in [4.78, 5) is 14.9. The lowest BCUT2D eigenvalue weighted by molar-refractivity contribution is 0.101. The molecule has 3 rings (SSSR count). The van der Waals surface area contributed by atoms with Crippen molar-refractivity contribution in [1.29, 1.82) is 0 Å². The number of thioether (sulfide) groups is 1. The van der Waals surface area contributed by atoms with E-state index < -0.39 is 0 Å². The van der Waals surface area contributed by atoms with Crippen LogP contribution in [0.4, 0.5) is 0 Å². The van der Waals surface area contributed by atoms with E-state index in [1.54, 1.807) is 35.1 Å². The largest absolute Gasteiger partial charge is 0.359 e. The second-order valence-corrected chi connectivity index (χ2v) is 7.60. The number of aromatic amines is 1. The van der Waals surface area contributed by atoms with E-state index in [-0.39, 0.29) is 5.78 Å². The quantitative estimate of drug-likeness (QED) is 0.406. The number of hydrogen-bond acceptors (Lipinski definition) is 5. The summed E-state index contributed by atoms with van der Waals surface area (Å²) in [7, 11) is 0. The highest BCUT2D eigenvalue weighted by Crippen LogP contribution is 2.25. The first-order chi connectivity index (χ1) is 10.6. The fraction of sp³-hybridized carbons (Fsp3) is 0.0714. The first-order valence-corrected chi connectivity index (χ1v) is 8.88. The van der Waals surface area contributed by atoms with Gasteiger partial charge in [-0.15, -0.1) is 5.10 Å². The molecule has 1 N–H and O–H groups in total. The first-order valence-electron chi connectivity index (χ1n) is 6.29. The molecule has 0 fully saturated rings. The average Bonchev–Trinajstić information content (AvgIpc) is 3.15. The molecule has 0 radical (unpaired) electrons. The maximum atomic E-state index is 12.0. The highest BCUT2D eigenvalue weighted by molar-refractivity contribution is 8.01. The average molecular weight is 368 g/mol. The van der Waals surface area contributed by atoms with E-state index in [0.717, 1.165) is 10.0 Å². The SMILES string of the molecule is O=C(CSc1nn(-c2ccc(Cl)cc2)c(=S)s1)c1ccc[nH]1. The number of halogens is 1. The number of carbonyl (C=O) groups excluding carboxylic acids is 1. The molecule has 0 atom stereocenters. The Morgan fingerprint density at radius 1 is 1.36 bits per heavy atom. The summed E-state index contributed by atoms with van der Waals surface area (Å²) in [5, 5.41) is 5.12. The number of nitrogens with zero attached hydrogens (tertiary/aromatic N) is 2. The minimum atomic E-state index is 0.0363. The van der Waals surface area contributed by atoms with E-state index in [2.05, 4.69) is 10.1 Å². The first kappa shape index (κ1) is 15.5. The standard InChI is InChI=1S/C14H10ClN3OS3/c15-9-3-5-10(6-4-9)18-14(20)22-13(17-18)21-8-12(19)11-2-1-7-16-11/h1-7,16H,8H2. The van der Waals surface area contributed by atoms with Crippen LogP contribution in [0.25, 0.3) is 5.69 Å². The van der Waals surface area contributed by atoms with Crippen molar-refractivity contribution in [2.45, 2.75) is 4.34 Å². The van der Waals surface area contributed by atoms with Crippen molar-refractivity contribution in [2.75, 3.05) is 5.75 Å². The van der Waals surface area contributed by atoms with Gasteiger partial charge in [-0.2, -0.15) is 0 Å². The third-order valence-corrected chi connectivity index (χ3v) is 5.44. The highest BCUT2D eigenvalue weighted by atomic mass is 35.5. The summed E-state index contributed by atoms with van der Waals surface area (Å²) in [6.45, 7) is 0. The zero-order chi connectivity index (χ0) is 15.5. The molecule has 0 spiro atoms. The molecule has 0 bridgehead atoms. The van der Waals surface area contributed by atoms with Crippen LogP contribution in [-0.2, 0) is 0 Å². The van der Waals surface area contributed by atoms with Crippen molar-refractivity contribution in [1.82, 2.24) is 14.8 Å². The molecule has 2 aromatic heterocycles. The van der Waals surface area contributed by atoms with Crippen molar-refractivity contribution in [3.63, 3.8) is 0 Å². The number of aromatic nitrogens is 3. The highest BCUT2D eigenvalue weighted by Gasteiger charge is 2.11. The molecule has 0 amide bonds. The Bertz CT molecular complexity index is 837. The third-order valence-electron chi connectivity index (χ3n) is 2.83. The molecule has 22 heavy (non-hydrogen) atoms. The Balaban J connectivity index is 1.74. The second kappa shape index (κ2) is 6.78. The van der Waals surface area contributed by atoms with Gasteiger partial charge in [0, 0.05) is 11.2 Å².